The Balaban J connectivity index is 2.74. The van der Waals surface area contributed by atoms with Crippen LogP contribution in [-0.4, -0.2) is 18.0 Å². The number of hydrogen-bond donors (Lipinski definition) is 2. The third kappa shape index (κ3) is 3.05. The molecule has 0 aromatic carbocycles. The van der Waals surface area contributed by atoms with Gasteiger partial charge in [-0.25, -0.2) is 0 Å². The van der Waals surface area contributed by atoms with E-state index in [-0.39, 0.29) is 29.3 Å². The molecule has 1 fully saturated rings. The molecule has 0 heterocycles. The predicted octanol–water partition coefficient (Wildman–Crippen LogP) is 2.55. The number of nitrogens with one attached hydrogen (secondary N) is 1. The maximum absolute atomic E-state index is 12.4. The smallest absolute Gasteiger partial charge is 0.223 e. The molecule has 1 saturated carbocycles. The zero-order valence-electron chi connectivity index (χ0n) is 12.8. The topological polar surface area (TPSA) is 55.1 Å². The molecule has 0 spiro atoms. The molecule has 3 nitrogen and oxygen atoms in total. The summed E-state index contributed by atoms with van der Waals surface area (Å²) >= 11 is 0. The zero-order chi connectivity index (χ0) is 14.1. The first-order valence-corrected chi connectivity index (χ1v) is 7.23. The Hall–Kier alpha value is -0.570. The van der Waals surface area contributed by atoms with Crippen LogP contribution in [0.25, 0.3) is 0 Å². The molecule has 0 aromatic heterocycles. The van der Waals surface area contributed by atoms with Crippen molar-refractivity contribution in [3.05, 3.63) is 0 Å². The molecule has 3 N–H and O–H groups in total. The van der Waals surface area contributed by atoms with Crippen molar-refractivity contribution in [3.8, 4) is 0 Å². The molecular weight excluding hydrogens is 224 g/mol. The average Bonchev–Trinajstić information content (AvgIpc) is 2.25. The van der Waals surface area contributed by atoms with E-state index in [9.17, 15) is 4.79 Å². The van der Waals surface area contributed by atoms with Crippen LogP contribution in [0.4, 0.5) is 0 Å². The summed E-state index contributed by atoms with van der Waals surface area (Å²) in [5.74, 6) is 1.16. The average molecular weight is 254 g/mol. The Morgan fingerprint density at radius 2 is 1.83 bits per heavy atom. The second-order valence-corrected chi connectivity index (χ2v) is 6.95. The minimum absolute atomic E-state index is 0.0154. The highest BCUT2D eigenvalue weighted by Gasteiger charge is 2.45. The van der Waals surface area contributed by atoms with E-state index in [1.165, 1.54) is 0 Å². The number of carbonyl (C=O) groups is 1. The van der Waals surface area contributed by atoms with Gasteiger partial charge in [0.2, 0.25) is 5.91 Å². The number of carbonyl (C=O) groups excluding carboxylic acids is 1. The van der Waals surface area contributed by atoms with Crippen molar-refractivity contribution in [2.75, 3.05) is 0 Å². The van der Waals surface area contributed by atoms with Crippen molar-refractivity contribution in [3.63, 3.8) is 0 Å². The molecule has 0 aliphatic heterocycles. The van der Waals surface area contributed by atoms with Gasteiger partial charge in [0.25, 0.3) is 0 Å². The summed E-state index contributed by atoms with van der Waals surface area (Å²) < 4.78 is 0. The van der Waals surface area contributed by atoms with Crippen molar-refractivity contribution in [2.24, 2.45) is 28.9 Å². The minimum atomic E-state index is -0.0154. The van der Waals surface area contributed by atoms with E-state index in [0.717, 1.165) is 12.8 Å². The van der Waals surface area contributed by atoms with E-state index in [1.54, 1.807) is 0 Å². The fourth-order valence-electron chi connectivity index (χ4n) is 2.81. The van der Waals surface area contributed by atoms with E-state index >= 15 is 0 Å². The van der Waals surface area contributed by atoms with E-state index < -0.39 is 0 Å². The Labute approximate surface area is 112 Å². The summed E-state index contributed by atoms with van der Waals surface area (Å²) in [6, 6.07) is 0.464. The molecule has 18 heavy (non-hydrogen) atoms. The van der Waals surface area contributed by atoms with Gasteiger partial charge >= 0.3 is 0 Å². The normalized spacial score (nSPS) is 33.2. The first kappa shape index (κ1) is 15.5. The van der Waals surface area contributed by atoms with E-state index in [0.29, 0.717) is 11.8 Å². The van der Waals surface area contributed by atoms with Crippen molar-refractivity contribution in [2.45, 2.75) is 66.5 Å². The lowest BCUT2D eigenvalue weighted by Crippen LogP contribution is -2.53. The van der Waals surface area contributed by atoms with Crippen LogP contribution in [0.15, 0.2) is 0 Å². The van der Waals surface area contributed by atoms with Crippen molar-refractivity contribution >= 4 is 5.91 Å². The Bertz CT molecular complexity index is 299. The van der Waals surface area contributed by atoms with Gasteiger partial charge in [0.1, 0.15) is 0 Å². The molecule has 4 atom stereocenters. The predicted molar refractivity (Wildman–Crippen MR) is 76.1 cm³/mol. The highest BCUT2D eigenvalue weighted by molar-refractivity contribution is 5.80. The second-order valence-electron chi connectivity index (χ2n) is 6.95. The Morgan fingerprint density at radius 1 is 1.28 bits per heavy atom. The van der Waals surface area contributed by atoms with Crippen LogP contribution in [0, 0.1) is 23.2 Å². The van der Waals surface area contributed by atoms with Gasteiger partial charge in [0, 0.05) is 18.0 Å². The SMILES string of the molecule is CC(C)C(C)NC(=O)C1CCC(N)C(C)C1(C)C. The second kappa shape index (κ2) is 5.60. The molecule has 106 valence electrons. The first-order valence-electron chi connectivity index (χ1n) is 7.23. The van der Waals surface area contributed by atoms with Crippen LogP contribution >= 0.6 is 0 Å². The third-order valence-corrected chi connectivity index (χ3v) is 5.19. The molecule has 4 unspecified atom stereocenters. The summed E-state index contributed by atoms with van der Waals surface area (Å²) in [7, 11) is 0. The number of nitrogens with two attached hydrogens (primary N) is 1. The maximum Gasteiger partial charge on any atom is 0.223 e. The molecule has 1 amide bonds. The zero-order valence-corrected chi connectivity index (χ0v) is 12.8. The molecule has 0 radical (unpaired) electrons. The van der Waals surface area contributed by atoms with Crippen LogP contribution < -0.4 is 11.1 Å². The third-order valence-electron chi connectivity index (χ3n) is 5.19. The molecule has 0 aromatic rings. The van der Waals surface area contributed by atoms with Crippen LogP contribution in [0.2, 0.25) is 0 Å². The lowest BCUT2D eigenvalue weighted by Gasteiger charge is -2.46. The van der Waals surface area contributed by atoms with Crippen LogP contribution in [-0.2, 0) is 4.79 Å². The van der Waals surface area contributed by atoms with E-state index in [2.05, 4.69) is 46.9 Å². The largest absolute Gasteiger partial charge is 0.353 e. The Kier molecular flexibility index (Phi) is 4.82. The van der Waals surface area contributed by atoms with Gasteiger partial charge in [0.05, 0.1) is 0 Å². The molecule has 1 aliphatic rings. The molecule has 0 saturated heterocycles. The number of amides is 1. The fraction of sp³-hybridized carbons (Fsp3) is 0.933. The Morgan fingerprint density at radius 3 is 2.33 bits per heavy atom. The molecular formula is C15H30N2O. The van der Waals surface area contributed by atoms with Crippen LogP contribution in [0.1, 0.15) is 54.4 Å². The van der Waals surface area contributed by atoms with Crippen molar-refractivity contribution in [1.29, 1.82) is 0 Å². The monoisotopic (exact) mass is 254 g/mol. The van der Waals surface area contributed by atoms with Gasteiger partial charge in [-0.3, -0.25) is 4.79 Å². The van der Waals surface area contributed by atoms with Gasteiger partial charge in [-0.1, -0.05) is 34.6 Å². The maximum atomic E-state index is 12.4. The summed E-state index contributed by atoms with van der Waals surface area (Å²) in [5.41, 5.74) is 6.12. The highest BCUT2D eigenvalue weighted by Crippen LogP contribution is 2.44. The highest BCUT2D eigenvalue weighted by atomic mass is 16.2. The fourth-order valence-corrected chi connectivity index (χ4v) is 2.81. The van der Waals surface area contributed by atoms with Gasteiger partial charge < -0.3 is 11.1 Å². The minimum Gasteiger partial charge on any atom is -0.353 e. The van der Waals surface area contributed by atoms with Crippen molar-refractivity contribution in [1.82, 2.24) is 5.32 Å². The lowest BCUT2D eigenvalue weighted by molar-refractivity contribution is -0.133. The summed E-state index contributed by atoms with van der Waals surface area (Å²) in [6.45, 7) is 12.9. The van der Waals surface area contributed by atoms with Gasteiger partial charge in [0.15, 0.2) is 0 Å². The molecule has 1 rings (SSSR count). The molecule has 3 heteroatoms. The number of rotatable bonds is 3. The quantitative estimate of drug-likeness (QED) is 0.813. The van der Waals surface area contributed by atoms with E-state index in [4.69, 9.17) is 5.73 Å². The molecule has 0 bridgehead atoms. The summed E-state index contributed by atoms with van der Waals surface area (Å²) in [6.07, 6.45) is 1.87. The van der Waals surface area contributed by atoms with Crippen LogP contribution in [0.3, 0.4) is 0 Å². The van der Waals surface area contributed by atoms with Crippen LogP contribution in [0.5, 0.6) is 0 Å². The van der Waals surface area contributed by atoms with Gasteiger partial charge in [-0.05, 0) is 37.0 Å². The summed E-state index contributed by atoms with van der Waals surface area (Å²) in [5, 5.41) is 3.16. The molecule has 1 aliphatic carbocycles. The van der Waals surface area contributed by atoms with E-state index in [1.807, 2.05) is 0 Å². The summed E-state index contributed by atoms with van der Waals surface area (Å²) in [4.78, 5) is 12.4. The standard InChI is InChI=1S/C15H30N2O/c1-9(2)11(4)17-14(18)12-7-8-13(16)10(3)15(12,5)6/h9-13H,7-8,16H2,1-6H3,(H,17,18). The van der Waals surface area contributed by atoms with Gasteiger partial charge in [-0.15, -0.1) is 0 Å². The van der Waals surface area contributed by atoms with Crippen molar-refractivity contribution < 1.29 is 4.79 Å². The lowest BCUT2D eigenvalue weighted by atomic mass is 9.61. The van der Waals surface area contributed by atoms with Gasteiger partial charge in [-0.2, -0.15) is 0 Å². The first-order chi connectivity index (χ1) is 8.17. The number of hydrogen-bond acceptors (Lipinski definition) is 2.